The monoisotopic (exact) mass is 566 g/mol. The summed E-state index contributed by atoms with van der Waals surface area (Å²) in [4.78, 5) is 0. The maximum atomic E-state index is 7.35. The van der Waals surface area contributed by atoms with Gasteiger partial charge in [-0.2, -0.15) is 0 Å². The molecule has 0 saturated carbocycles. The second kappa shape index (κ2) is 21.9. The number of hydrogen-bond acceptors (Lipinski definition) is 3. The molecular weight excluding hydrogens is 504 g/mol. The first-order valence-corrected chi connectivity index (χ1v) is 17.3. The first-order valence-electron chi connectivity index (χ1n) is 17.3. The van der Waals surface area contributed by atoms with Gasteiger partial charge in [0.05, 0.1) is 0 Å². The molecule has 0 N–H and O–H groups in total. The molecule has 0 aromatic heterocycles. The van der Waals surface area contributed by atoms with Gasteiger partial charge in [0.15, 0.2) is 11.6 Å². The minimum Gasteiger partial charge on any atom is -0.346 e. The molecule has 0 saturated heterocycles. The highest BCUT2D eigenvalue weighted by Crippen LogP contribution is 2.44. The van der Waals surface area contributed by atoms with Crippen LogP contribution in [0.4, 0.5) is 0 Å². The van der Waals surface area contributed by atoms with Crippen LogP contribution in [0.3, 0.4) is 0 Å². The van der Waals surface area contributed by atoms with Crippen LogP contribution in [0.5, 0.6) is 0 Å². The lowest BCUT2D eigenvalue weighted by Crippen LogP contribution is -2.45. The Morgan fingerprint density at radius 3 is 1.05 bits per heavy atom. The molecule has 2 unspecified atom stereocenters. The Hall–Kier alpha value is -1.68. The molecule has 3 nitrogen and oxygen atoms in total. The van der Waals surface area contributed by atoms with Gasteiger partial charge in [-0.05, 0) is 26.7 Å². The second-order valence-corrected chi connectivity index (χ2v) is 11.7. The molecule has 2 aromatic carbocycles. The van der Waals surface area contributed by atoms with Crippen molar-refractivity contribution in [2.45, 2.75) is 155 Å². The lowest BCUT2D eigenvalue weighted by molar-refractivity contribution is -0.379. The van der Waals surface area contributed by atoms with Gasteiger partial charge in [-0.1, -0.05) is 164 Å². The lowest BCUT2D eigenvalue weighted by Gasteiger charge is -2.44. The van der Waals surface area contributed by atoms with Gasteiger partial charge >= 0.3 is 0 Å². The molecule has 0 bridgehead atoms. The molecule has 0 radical (unpaired) electrons. The Morgan fingerprint density at radius 2 is 0.732 bits per heavy atom. The van der Waals surface area contributed by atoms with Crippen molar-refractivity contribution in [2.75, 3.05) is 13.2 Å². The Kier molecular flexibility index (Phi) is 19.0. The van der Waals surface area contributed by atoms with E-state index < -0.39 is 11.6 Å². The van der Waals surface area contributed by atoms with Crippen molar-refractivity contribution in [3.8, 4) is 0 Å². The molecular formula is C38H62O3. The standard InChI is InChI=1S/C38H62O3/c1-5-9-11-13-15-17-19-27-33-37(39-7-3,35-29-23-21-24-30-35)41-38(40-8-4,36-31-25-22-26-32-36)34-28-20-18-16-14-12-10-6-2/h21-26,29-32H,5-20,27-28,33-34H2,1-4H3. The highest BCUT2D eigenvalue weighted by Gasteiger charge is 2.45. The largest absolute Gasteiger partial charge is 0.346 e. The third-order valence-electron chi connectivity index (χ3n) is 8.23. The summed E-state index contributed by atoms with van der Waals surface area (Å²) in [6, 6.07) is 21.2. The van der Waals surface area contributed by atoms with E-state index in [-0.39, 0.29) is 0 Å². The zero-order valence-electron chi connectivity index (χ0n) is 27.1. The van der Waals surface area contributed by atoms with Gasteiger partial charge in [-0.15, -0.1) is 0 Å². The Labute approximate surface area is 253 Å². The van der Waals surface area contributed by atoms with E-state index >= 15 is 0 Å². The first-order chi connectivity index (χ1) is 20.2. The van der Waals surface area contributed by atoms with Gasteiger partial charge in [-0.25, -0.2) is 0 Å². The third-order valence-corrected chi connectivity index (χ3v) is 8.23. The molecule has 0 aliphatic heterocycles. The van der Waals surface area contributed by atoms with E-state index in [1.807, 2.05) is 0 Å². The lowest BCUT2D eigenvalue weighted by atomic mass is 9.94. The zero-order chi connectivity index (χ0) is 29.5. The van der Waals surface area contributed by atoms with E-state index in [4.69, 9.17) is 14.2 Å². The number of ether oxygens (including phenoxy) is 3. The second-order valence-electron chi connectivity index (χ2n) is 11.7. The zero-order valence-corrected chi connectivity index (χ0v) is 27.1. The number of hydrogen-bond donors (Lipinski definition) is 0. The van der Waals surface area contributed by atoms with Crippen molar-refractivity contribution >= 4 is 0 Å². The molecule has 2 atom stereocenters. The SMILES string of the molecule is CCCCCCCCCCC(OCC)(OC(CCCCCCCCCC)(OCC)c1ccccc1)c1ccccc1. The van der Waals surface area contributed by atoms with Crippen LogP contribution in [0, 0.1) is 0 Å². The summed E-state index contributed by atoms with van der Waals surface area (Å²) in [5.74, 6) is -1.72. The van der Waals surface area contributed by atoms with Gasteiger partial charge in [0.2, 0.25) is 0 Å². The van der Waals surface area contributed by atoms with Crippen molar-refractivity contribution in [3.05, 3.63) is 71.8 Å². The molecule has 2 aromatic rings. The van der Waals surface area contributed by atoms with Crippen molar-refractivity contribution in [2.24, 2.45) is 0 Å². The van der Waals surface area contributed by atoms with Gasteiger partial charge in [0, 0.05) is 37.2 Å². The smallest absolute Gasteiger partial charge is 0.198 e. The molecule has 0 spiro atoms. The molecule has 0 amide bonds. The molecule has 3 heteroatoms. The van der Waals surface area contributed by atoms with Gasteiger partial charge in [0.25, 0.3) is 0 Å². The average Bonchev–Trinajstić information content (AvgIpc) is 3.00. The Bertz CT molecular complexity index is 783. The van der Waals surface area contributed by atoms with Crippen LogP contribution >= 0.6 is 0 Å². The van der Waals surface area contributed by atoms with Crippen LogP contribution in [-0.2, 0) is 25.8 Å². The fraction of sp³-hybridized carbons (Fsp3) is 0.684. The van der Waals surface area contributed by atoms with Crippen LogP contribution in [-0.4, -0.2) is 13.2 Å². The number of unbranched alkanes of at least 4 members (excludes halogenated alkanes) is 14. The maximum Gasteiger partial charge on any atom is 0.198 e. The Balaban J connectivity index is 2.26. The highest BCUT2D eigenvalue weighted by atomic mass is 16.8. The third kappa shape index (κ3) is 13.0. The van der Waals surface area contributed by atoms with E-state index in [0.717, 1.165) is 36.8 Å². The molecule has 0 aliphatic carbocycles. The van der Waals surface area contributed by atoms with Crippen molar-refractivity contribution in [3.63, 3.8) is 0 Å². The quantitative estimate of drug-likeness (QED) is 0.0837. The predicted molar refractivity (Wildman–Crippen MR) is 175 cm³/mol. The minimum absolute atomic E-state index is 0.584. The van der Waals surface area contributed by atoms with Gasteiger partial charge in [-0.3, -0.25) is 0 Å². The van der Waals surface area contributed by atoms with Crippen LogP contribution in [0.15, 0.2) is 60.7 Å². The number of benzene rings is 2. The van der Waals surface area contributed by atoms with Gasteiger partial charge < -0.3 is 14.2 Å². The molecule has 2 rings (SSSR count). The summed E-state index contributed by atoms with van der Waals surface area (Å²) in [5.41, 5.74) is 2.17. The van der Waals surface area contributed by atoms with E-state index in [2.05, 4.69) is 88.4 Å². The normalized spacial score (nSPS) is 14.5. The van der Waals surface area contributed by atoms with Crippen molar-refractivity contribution in [1.29, 1.82) is 0 Å². The first kappa shape index (κ1) is 35.5. The summed E-state index contributed by atoms with van der Waals surface area (Å²) in [6.07, 6.45) is 22.1. The predicted octanol–water partition coefficient (Wildman–Crippen LogP) is 11.8. The summed E-state index contributed by atoms with van der Waals surface area (Å²) in [7, 11) is 0. The van der Waals surface area contributed by atoms with Crippen LogP contribution in [0.25, 0.3) is 0 Å². The highest BCUT2D eigenvalue weighted by molar-refractivity contribution is 5.24. The van der Waals surface area contributed by atoms with E-state index in [9.17, 15) is 0 Å². The topological polar surface area (TPSA) is 27.7 Å². The van der Waals surface area contributed by atoms with E-state index in [1.165, 1.54) is 89.9 Å². The summed E-state index contributed by atoms with van der Waals surface area (Å²) < 4.78 is 20.7. The fourth-order valence-corrected chi connectivity index (χ4v) is 5.98. The van der Waals surface area contributed by atoms with E-state index in [1.54, 1.807) is 0 Å². The summed E-state index contributed by atoms with van der Waals surface area (Å²) in [6.45, 7) is 9.89. The molecule has 41 heavy (non-hydrogen) atoms. The van der Waals surface area contributed by atoms with E-state index in [0.29, 0.717) is 13.2 Å². The summed E-state index contributed by atoms with van der Waals surface area (Å²) >= 11 is 0. The van der Waals surface area contributed by atoms with Crippen molar-refractivity contribution < 1.29 is 14.2 Å². The molecule has 0 heterocycles. The minimum atomic E-state index is -0.858. The van der Waals surface area contributed by atoms with Gasteiger partial charge in [0.1, 0.15) is 0 Å². The molecule has 0 aliphatic rings. The van der Waals surface area contributed by atoms with Crippen LogP contribution in [0.1, 0.15) is 154 Å². The van der Waals surface area contributed by atoms with Crippen LogP contribution < -0.4 is 0 Å². The summed E-state index contributed by atoms with van der Waals surface area (Å²) in [5, 5.41) is 0. The van der Waals surface area contributed by atoms with Crippen LogP contribution in [0.2, 0.25) is 0 Å². The molecule has 232 valence electrons. The van der Waals surface area contributed by atoms with Crippen molar-refractivity contribution in [1.82, 2.24) is 0 Å². The molecule has 0 fully saturated rings. The Morgan fingerprint density at radius 1 is 0.415 bits per heavy atom. The number of rotatable bonds is 26. The maximum absolute atomic E-state index is 7.35. The fourth-order valence-electron chi connectivity index (χ4n) is 5.98. The average molecular weight is 567 g/mol.